The van der Waals surface area contributed by atoms with E-state index < -0.39 is 5.97 Å². The lowest BCUT2D eigenvalue weighted by Crippen LogP contribution is -2.15. The Morgan fingerprint density at radius 2 is 1.89 bits per heavy atom. The number of benzene rings is 1. The molecule has 0 spiro atoms. The highest BCUT2D eigenvalue weighted by Crippen LogP contribution is 2.38. The van der Waals surface area contributed by atoms with E-state index >= 15 is 0 Å². The van der Waals surface area contributed by atoms with E-state index in [9.17, 15) is 9.90 Å². The minimum absolute atomic E-state index is 0.449. The van der Waals surface area contributed by atoms with Gasteiger partial charge in [0.2, 0.25) is 0 Å². The van der Waals surface area contributed by atoms with Crippen molar-refractivity contribution in [3.05, 3.63) is 35.4 Å². The van der Waals surface area contributed by atoms with Crippen molar-refractivity contribution in [1.82, 2.24) is 0 Å². The third kappa shape index (κ3) is 3.59. The quantitative estimate of drug-likeness (QED) is 0.821. The summed E-state index contributed by atoms with van der Waals surface area (Å²) in [7, 11) is 0. The zero-order chi connectivity index (χ0) is 13.7. The summed E-state index contributed by atoms with van der Waals surface area (Å²) in [5.74, 6) is 0.530. The van der Waals surface area contributed by atoms with Gasteiger partial charge in [-0.3, -0.25) is 0 Å². The maximum atomic E-state index is 11.3. The minimum Gasteiger partial charge on any atom is -0.478 e. The molecule has 0 saturated heterocycles. The lowest BCUT2D eigenvalue weighted by atomic mass is 9.76. The molecule has 1 saturated carbocycles. The lowest BCUT2D eigenvalue weighted by molar-refractivity contribution is 0.0694. The van der Waals surface area contributed by atoms with Gasteiger partial charge < -0.3 is 5.11 Å². The minimum atomic E-state index is -0.788. The Kier molecular flexibility index (Phi) is 5.00. The van der Waals surface area contributed by atoms with Crippen LogP contribution in [0.15, 0.2) is 24.3 Å². The zero-order valence-electron chi connectivity index (χ0n) is 11.8. The fourth-order valence-corrected chi connectivity index (χ4v) is 3.30. The molecule has 0 unspecified atom stereocenters. The van der Waals surface area contributed by atoms with Gasteiger partial charge in [-0.25, -0.2) is 4.79 Å². The maximum Gasteiger partial charge on any atom is 0.335 e. The van der Waals surface area contributed by atoms with Crippen LogP contribution < -0.4 is 0 Å². The number of carboxylic acids is 1. The SMILES string of the molecule is CCCCC1CCC(c2ccccc2C(=O)O)CC1. The van der Waals surface area contributed by atoms with Crippen LogP contribution in [0.2, 0.25) is 0 Å². The normalized spacial score (nSPS) is 23.2. The second-order valence-electron chi connectivity index (χ2n) is 5.75. The van der Waals surface area contributed by atoms with Gasteiger partial charge in [-0.2, -0.15) is 0 Å². The number of hydrogen-bond donors (Lipinski definition) is 1. The average molecular weight is 260 g/mol. The van der Waals surface area contributed by atoms with Crippen molar-refractivity contribution in [1.29, 1.82) is 0 Å². The molecule has 1 aromatic carbocycles. The molecular weight excluding hydrogens is 236 g/mol. The van der Waals surface area contributed by atoms with E-state index in [1.54, 1.807) is 6.07 Å². The third-order valence-corrected chi connectivity index (χ3v) is 4.44. The summed E-state index contributed by atoms with van der Waals surface area (Å²) in [6.07, 6.45) is 8.79. The summed E-state index contributed by atoms with van der Waals surface area (Å²) < 4.78 is 0. The van der Waals surface area contributed by atoms with Crippen molar-refractivity contribution >= 4 is 5.97 Å². The number of hydrogen-bond acceptors (Lipinski definition) is 1. The van der Waals surface area contributed by atoms with Crippen LogP contribution in [0.5, 0.6) is 0 Å². The molecule has 0 aromatic heterocycles. The van der Waals surface area contributed by atoms with Crippen molar-refractivity contribution in [2.45, 2.75) is 57.8 Å². The highest BCUT2D eigenvalue weighted by Gasteiger charge is 2.24. The summed E-state index contributed by atoms with van der Waals surface area (Å²) in [5, 5.41) is 9.26. The van der Waals surface area contributed by atoms with E-state index in [2.05, 4.69) is 6.92 Å². The maximum absolute atomic E-state index is 11.3. The average Bonchev–Trinajstić information content (AvgIpc) is 2.45. The summed E-state index contributed by atoms with van der Waals surface area (Å²) in [5.41, 5.74) is 1.54. The molecule has 2 heteroatoms. The number of aromatic carboxylic acids is 1. The van der Waals surface area contributed by atoms with E-state index in [0.29, 0.717) is 11.5 Å². The van der Waals surface area contributed by atoms with Gasteiger partial charge in [-0.05, 0) is 49.1 Å². The van der Waals surface area contributed by atoms with Crippen LogP contribution in [0, 0.1) is 5.92 Å². The Morgan fingerprint density at radius 3 is 2.53 bits per heavy atom. The molecule has 0 radical (unpaired) electrons. The van der Waals surface area contributed by atoms with Gasteiger partial charge in [0.05, 0.1) is 5.56 Å². The monoisotopic (exact) mass is 260 g/mol. The summed E-state index contributed by atoms with van der Waals surface area (Å²) in [4.78, 5) is 11.3. The van der Waals surface area contributed by atoms with Crippen LogP contribution >= 0.6 is 0 Å². The molecule has 0 heterocycles. The van der Waals surface area contributed by atoms with Gasteiger partial charge in [0.25, 0.3) is 0 Å². The first kappa shape index (κ1) is 14.1. The number of carbonyl (C=O) groups is 1. The van der Waals surface area contributed by atoms with Crippen LogP contribution in [-0.4, -0.2) is 11.1 Å². The third-order valence-electron chi connectivity index (χ3n) is 4.44. The van der Waals surface area contributed by atoms with E-state index in [4.69, 9.17) is 0 Å². The predicted molar refractivity (Wildman–Crippen MR) is 77.6 cm³/mol. The largest absolute Gasteiger partial charge is 0.478 e. The first-order chi connectivity index (χ1) is 9.22. The molecular formula is C17H24O2. The molecule has 1 aromatic rings. The highest BCUT2D eigenvalue weighted by molar-refractivity contribution is 5.89. The second kappa shape index (κ2) is 6.74. The standard InChI is InChI=1S/C17H24O2/c1-2-3-6-13-9-11-14(12-10-13)15-7-4-5-8-16(15)17(18)19/h4-5,7-8,13-14H,2-3,6,9-12H2,1H3,(H,18,19). The molecule has 1 N–H and O–H groups in total. The van der Waals surface area contributed by atoms with Gasteiger partial charge in [0.15, 0.2) is 0 Å². The van der Waals surface area contributed by atoms with Crippen molar-refractivity contribution in [3.63, 3.8) is 0 Å². The van der Waals surface area contributed by atoms with Gasteiger partial charge in [0.1, 0.15) is 0 Å². The van der Waals surface area contributed by atoms with E-state index in [-0.39, 0.29) is 0 Å². The Labute approximate surface area is 115 Å². The van der Waals surface area contributed by atoms with Gasteiger partial charge in [0, 0.05) is 0 Å². The summed E-state index contributed by atoms with van der Waals surface area (Å²) in [6, 6.07) is 7.52. The van der Waals surface area contributed by atoms with Crippen LogP contribution in [0.4, 0.5) is 0 Å². The Hall–Kier alpha value is -1.31. The number of rotatable bonds is 5. The van der Waals surface area contributed by atoms with Crippen molar-refractivity contribution < 1.29 is 9.90 Å². The number of unbranched alkanes of at least 4 members (excludes halogenated alkanes) is 1. The van der Waals surface area contributed by atoms with Gasteiger partial charge >= 0.3 is 5.97 Å². The molecule has 104 valence electrons. The first-order valence-corrected chi connectivity index (χ1v) is 7.54. The fourth-order valence-electron chi connectivity index (χ4n) is 3.30. The van der Waals surface area contributed by atoms with Crippen LogP contribution in [0.3, 0.4) is 0 Å². The van der Waals surface area contributed by atoms with Crippen molar-refractivity contribution in [2.75, 3.05) is 0 Å². The van der Waals surface area contributed by atoms with Crippen molar-refractivity contribution in [3.8, 4) is 0 Å². The second-order valence-corrected chi connectivity index (χ2v) is 5.75. The molecule has 0 aliphatic heterocycles. The molecule has 19 heavy (non-hydrogen) atoms. The highest BCUT2D eigenvalue weighted by atomic mass is 16.4. The van der Waals surface area contributed by atoms with Crippen LogP contribution in [0.25, 0.3) is 0 Å². The molecule has 2 nitrogen and oxygen atoms in total. The van der Waals surface area contributed by atoms with Crippen LogP contribution in [-0.2, 0) is 0 Å². The molecule has 0 bridgehead atoms. The lowest BCUT2D eigenvalue weighted by Gasteiger charge is -2.29. The molecule has 0 amide bonds. The van der Waals surface area contributed by atoms with Crippen LogP contribution in [0.1, 0.15) is 73.7 Å². The summed E-state index contributed by atoms with van der Waals surface area (Å²) in [6.45, 7) is 2.24. The molecule has 0 atom stereocenters. The van der Waals surface area contributed by atoms with Gasteiger partial charge in [-0.15, -0.1) is 0 Å². The predicted octanol–water partition coefficient (Wildman–Crippen LogP) is 4.85. The number of carboxylic acid groups (broad SMARTS) is 1. The van der Waals surface area contributed by atoms with Gasteiger partial charge in [-0.1, -0.05) is 44.4 Å². The Balaban J connectivity index is 2.00. The topological polar surface area (TPSA) is 37.3 Å². The smallest absolute Gasteiger partial charge is 0.335 e. The Bertz CT molecular complexity index is 417. The molecule has 1 aliphatic carbocycles. The first-order valence-electron chi connectivity index (χ1n) is 7.54. The molecule has 2 rings (SSSR count). The van der Waals surface area contributed by atoms with E-state index in [1.165, 1.54) is 32.1 Å². The summed E-state index contributed by atoms with van der Waals surface area (Å²) >= 11 is 0. The van der Waals surface area contributed by atoms with E-state index in [0.717, 1.165) is 24.3 Å². The fraction of sp³-hybridized carbons (Fsp3) is 0.588. The van der Waals surface area contributed by atoms with E-state index in [1.807, 2.05) is 18.2 Å². The molecule has 1 aliphatic rings. The molecule has 1 fully saturated rings. The van der Waals surface area contributed by atoms with Crippen molar-refractivity contribution in [2.24, 2.45) is 5.92 Å². The Morgan fingerprint density at radius 1 is 1.21 bits per heavy atom. The zero-order valence-corrected chi connectivity index (χ0v) is 11.8.